The fourth-order valence-corrected chi connectivity index (χ4v) is 2.54. The SMILES string of the molecule is O=C1N[C@H]2[C@@H]1[C@@H]1C=C[C@H]2C1. The molecule has 1 saturated heterocycles. The summed E-state index contributed by atoms with van der Waals surface area (Å²) in [4.78, 5) is 11.0. The summed E-state index contributed by atoms with van der Waals surface area (Å²) in [6.07, 6.45) is 5.68. The third-order valence-electron chi connectivity index (χ3n) is 3.07. The molecule has 1 amide bonds. The first-order valence-corrected chi connectivity index (χ1v) is 3.85. The third kappa shape index (κ3) is 0.349. The van der Waals surface area contributed by atoms with Crippen molar-refractivity contribution in [2.75, 3.05) is 0 Å². The molecule has 0 aromatic rings. The molecule has 0 spiro atoms. The van der Waals surface area contributed by atoms with Crippen LogP contribution in [0.25, 0.3) is 0 Å². The number of rotatable bonds is 0. The zero-order valence-corrected chi connectivity index (χ0v) is 5.58. The van der Waals surface area contributed by atoms with Crippen molar-refractivity contribution in [1.29, 1.82) is 0 Å². The smallest absolute Gasteiger partial charge is 0.226 e. The Bertz CT molecular complexity index is 233. The van der Waals surface area contributed by atoms with Crippen molar-refractivity contribution in [1.82, 2.24) is 5.32 Å². The number of carbonyl (C=O) groups is 1. The lowest BCUT2D eigenvalue weighted by Gasteiger charge is -2.37. The van der Waals surface area contributed by atoms with Gasteiger partial charge in [-0.05, 0) is 18.3 Å². The van der Waals surface area contributed by atoms with E-state index < -0.39 is 0 Å². The topological polar surface area (TPSA) is 29.1 Å². The molecule has 0 aromatic carbocycles. The average molecular weight is 135 g/mol. The maximum absolute atomic E-state index is 11.0. The molecule has 4 atom stereocenters. The Morgan fingerprint density at radius 2 is 2.20 bits per heavy atom. The highest BCUT2D eigenvalue weighted by atomic mass is 16.2. The van der Waals surface area contributed by atoms with Gasteiger partial charge in [0.15, 0.2) is 0 Å². The van der Waals surface area contributed by atoms with Crippen LogP contribution in [0.4, 0.5) is 0 Å². The van der Waals surface area contributed by atoms with Crippen molar-refractivity contribution < 1.29 is 4.79 Å². The number of hydrogen-bond acceptors (Lipinski definition) is 1. The molecule has 3 rings (SSSR count). The molecule has 2 fully saturated rings. The molecule has 0 radical (unpaired) electrons. The molecule has 1 aliphatic heterocycles. The summed E-state index contributed by atoms with van der Waals surface area (Å²) < 4.78 is 0. The minimum absolute atomic E-state index is 0.279. The molecule has 2 aliphatic carbocycles. The van der Waals surface area contributed by atoms with Crippen LogP contribution < -0.4 is 5.32 Å². The maximum atomic E-state index is 11.0. The van der Waals surface area contributed by atoms with Crippen molar-refractivity contribution in [2.24, 2.45) is 17.8 Å². The summed E-state index contributed by atoms with van der Waals surface area (Å²) >= 11 is 0. The first kappa shape index (κ1) is 4.94. The summed E-state index contributed by atoms with van der Waals surface area (Å²) in [6, 6.07) is 0.516. The quantitative estimate of drug-likeness (QED) is 0.376. The Balaban J connectivity index is 2.03. The van der Waals surface area contributed by atoms with Gasteiger partial charge in [0.1, 0.15) is 0 Å². The number of hydrogen-bond donors (Lipinski definition) is 1. The van der Waals surface area contributed by atoms with Gasteiger partial charge < -0.3 is 5.32 Å². The molecule has 10 heavy (non-hydrogen) atoms. The Labute approximate surface area is 59.3 Å². The van der Waals surface area contributed by atoms with Crippen LogP contribution in [0.3, 0.4) is 0 Å². The molecular weight excluding hydrogens is 126 g/mol. The highest BCUT2D eigenvalue weighted by molar-refractivity contribution is 5.87. The van der Waals surface area contributed by atoms with Gasteiger partial charge in [-0.15, -0.1) is 0 Å². The molecule has 1 saturated carbocycles. The Morgan fingerprint density at radius 1 is 1.40 bits per heavy atom. The summed E-state index contributed by atoms with van der Waals surface area (Å²) in [5.74, 6) is 1.90. The molecule has 52 valence electrons. The standard InChI is InChI=1S/C8H9NO/c10-8-6-4-1-2-5(3-4)7(6)9-8/h1-2,4-7H,3H2,(H,9,10)/t4-,5+,6+,7-/m1/s1. The van der Waals surface area contributed by atoms with Gasteiger partial charge in [-0.3, -0.25) is 4.79 Å². The monoisotopic (exact) mass is 135 g/mol. The predicted octanol–water partition coefficient (Wildman–Crippen LogP) is 0.307. The van der Waals surface area contributed by atoms with Gasteiger partial charge in [-0.1, -0.05) is 12.2 Å². The minimum Gasteiger partial charge on any atom is -0.352 e. The van der Waals surface area contributed by atoms with Crippen molar-refractivity contribution in [3.8, 4) is 0 Å². The molecule has 0 aromatic heterocycles. The van der Waals surface area contributed by atoms with E-state index in [0.717, 1.165) is 0 Å². The van der Waals surface area contributed by atoms with Gasteiger partial charge in [-0.25, -0.2) is 0 Å². The normalized spacial score (nSPS) is 54.2. The first-order chi connectivity index (χ1) is 4.86. The molecule has 1 heterocycles. The van der Waals surface area contributed by atoms with E-state index in [4.69, 9.17) is 0 Å². The second kappa shape index (κ2) is 1.29. The van der Waals surface area contributed by atoms with Crippen molar-refractivity contribution in [3.05, 3.63) is 12.2 Å². The first-order valence-electron chi connectivity index (χ1n) is 3.85. The second-order valence-corrected chi connectivity index (χ2v) is 3.51. The van der Waals surface area contributed by atoms with E-state index in [0.29, 0.717) is 23.8 Å². The summed E-state index contributed by atoms with van der Waals surface area (Å²) in [5.41, 5.74) is 0. The van der Waals surface area contributed by atoms with E-state index in [-0.39, 0.29) is 5.91 Å². The second-order valence-electron chi connectivity index (χ2n) is 3.51. The molecular formula is C8H9NO. The number of allylic oxidation sites excluding steroid dienone is 1. The van der Waals surface area contributed by atoms with Crippen molar-refractivity contribution >= 4 is 5.91 Å². The van der Waals surface area contributed by atoms with Crippen LogP contribution in [0.2, 0.25) is 0 Å². The lowest BCUT2D eigenvalue weighted by molar-refractivity contribution is -0.135. The number of nitrogens with one attached hydrogen (secondary N) is 1. The molecule has 1 N–H and O–H groups in total. The zero-order valence-electron chi connectivity index (χ0n) is 5.58. The van der Waals surface area contributed by atoms with Gasteiger partial charge >= 0.3 is 0 Å². The number of carbonyl (C=O) groups excluding carboxylic acids is 1. The van der Waals surface area contributed by atoms with Crippen LogP contribution in [0.5, 0.6) is 0 Å². The van der Waals surface area contributed by atoms with Gasteiger partial charge in [0, 0.05) is 6.04 Å². The molecule has 0 unspecified atom stereocenters. The van der Waals surface area contributed by atoms with Crippen molar-refractivity contribution in [2.45, 2.75) is 12.5 Å². The van der Waals surface area contributed by atoms with E-state index in [2.05, 4.69) is 17.5 Å². The molecule has 3 aliphatic rings. The number of amides is 1. The number of β-lactam (4-membered cyclic amide) rings is 1. The van der Waals surface area contributed by atoms with Crippen LogP contribution in [-0.4, -0.2) is 11.9 Å². The number of fused-ring (bicyclic) bond motifs is 5. The van der Waals surface area contributed by atoms with Crippen LogP contribution in [0.15, 0.2) is 12.2 Å². The predicted molar refractivity (Wildman–Crippen MR) is 36.2 cm³/mol. The van der Waals surface area contributed by atoms with Gasteiger partial charge in [-0.2, -0.15) is 0 Å². The van der Waals surface area contributed by atoms with Crippen LogP contribution in [0, 0.1) is 17.8 Å². The molecule has 2 nitrogen and oxygen atoms in total. The Hall–Kier alpha value is -0.790. The van der Waals surface area contributed by atoms with Crippen LogP contribution in [-0.2, 0) is 4.79 Å². The van der Waals surface area contributed by atoms with E-state index in [1.165, 1.54) is 6.42 Å². The molecule has 2 heteroatoms. The van der Waals surface area contributed by atoms with Crippen LogP contribution in [0.1, 0.15) is 6.42 Å². The molecule has 2 bridgehead atoms. The lowest BCUT2D eigenvalue weighted by atomic mass is 9.82. The van der Waals surface area contributed by atoms with Crippen molar-refractivity contribution in [3.63, 3.8) is 0 Å². The lowest BCUT2D eigenvalue weighted by Crippen LogP contribution is -2.59. The summed E-state index contributed by atoms with van der Waals surface area (Å²) in [7, 11) is 0. The Morgan fingerprint density at radius 3 is 2.80 bits per heavy atom. The Kier molecular flexibility index (Phi) is 0.636. The third-order valence-corrected chi connectivity index (χ3v) is 3.07. The van der Waals surface area contributed by atoms with E-state index >= 15 is 0 Å². The van der Waals surface area contributed by atoms with E-state index in [1.54, 1.807) is 0 Å². The highest BCUT2D eigenvalue weighted by Crippen LogP contribution is 2.47. The van der Waals surface area contributed by atoms with E-state index in [1.807, 2.05) is 0 Å². The fourth-order valence-electron chi connectivity index (χ4n) is 2.54. The van der Waals surface area contributed by atoms with Crippen LogP contribution >= 0.6 is 0 Å². The van der Waals surface area contributed by atoms with Gasteiger partial charge in [0.2, 0.25) is 5.91 Å². The zero-order chi connectivity index (χ0) is 6.72. The van der Waals surface area contributed by atoms with E-state index in [9.17, 15) is 4.79 Å². The summed E-state index contributed by atoms with van der Waals surface area (Å²) in [5, 5.41) is 2.95. The largest absolute Gasteiger partial charge is 0.352 e. The minimum atomic E-state index is 0.279. The summed E-state index contributed by atoms with van der Waals surface area (Å²) in [6.45, 7) is 0. The average Bonchev–Trinajstić information content (AvgIpc) is 2.40. The maximum Gasteiger partial charge on any atom is 0.226 e. The highest BCUT2D eigenvalue weighted by Gasteiger charge is 2.54. The van der Waals surface area contributed by atoms with Gasteiger partial charge in [0.25, 0.3) is 0 Å². The van der Waals surface area contributed by atoms with Gasteiger partial charge in [0.05, 0.1) is 5.92 Å². The fraction of sp³-hybridized carbons (Fsp3) is 0.625.